The van der Waals surface area contributed by atoms with E-state index in [4.69, 9.17) is 23.2 Å². The minimum absolute atomic E-state index is 0.0867. The van der Waals surface area contributed by atoms with Crippen LogP contribution < -0.4 is 15.4 Å². The van der Waals surface area contributed by atoms with E-state index in [-0.39, 0.29) is 11.8 Å². The molecule has 0 spiro atoms. The van der Waals surface area contributed by atoms with Crippen LogP contribution in [0.2, 0.25) is 10.0 Å². The summed E-state index contributed by atoms with van der Waals surface area (Å²) in [7, 11) is 0. The molecular weight excluding hydrogens is 452 g/mol. The van der Waals surface area contributed by atoms with Gasteiger partial charge in [0.25, 0.3) is 0 Å². The van der Waals surface area contributed by atoms with Crippen LogP contribution in [-0.4, -0.2) is 22.4 Å². The summed E-state index contributed by atoms with van der Waals surface area (Å²) in [6.45, 7) is 3.98. The zero-order valence-corrected chi connectivity index (χ0v) is 18.1. The molecule has 1 heterocycles. The van der Waals surface area contributed by atoms with Crippen LogP contribution in [0, 0.1) is 0 Å². The Balaban J connectivity index is 2.00. The number of anilines is 3. The maximum absolute atomic E-state index is 12.6. The van der Waals surface area contributed by atoms with Crippen molar-refractivity contribution in [2.45, 2.75) is 32.7 Å². The van der Waals surface area contributed by atoms with Crippen LogP contribution >= 0.6 is 23.2 Å². The highest BCUT2D eigenvalue weighted by molar-refractivity contribution is 6.35. The highest BCUT2D eigenvalue weighted by Crippen LogP contribution is 2.30. The van der Waals surface area contributed by atoms with E-state index in [1.807, 2.05) is 13.8 Å². The topological polar surface area (TPSA) is 59.1 Å². The van der Waals surface area contributed by atoms with Gasteiger partial charge in [-0.05, 0) is 43.7 Å². The van der Waals surface area contributed by atoms with Crippen LogP contribution in [0.3, 0.4) is 0 Å². The maximum Gasteiger partial charge on any atom is 0.573 e. The number of nitrogens with zero attached hydrogens (tertiary/aromatic N) is 2. The Kier molecular flexibility index (Phi) is 7.12. The molecule has 1 aromatic heterocycles. The first-order valence-electron chi connectivity index (χ1n) is 9.36. The molecular formula is C21H19Cl2F3N4O. The van der Waals surface area contributed by atoms with Crippen LogP contribution in [0.4, 0.5) is 30.6 Å². The highest BCUT2D eigenvalue weighted by atomic mass is 35.5. The molecule has 0 saturated carbocycles. The van der Waals surface area contributed by atoms with Gasteiger partial charge in [-0.1, -0.05) is 42.3 Å². The van der Waals surface area contributed by atoms with Crippen LogP contribution in [0.5, 0.6) is 5.75 Å². The zero-order valence-electron chi connectivity index (χ0n) is 16.6. The molecule has 3 aromatic rings. The fourth-order valence-electron chi connectivity index (χ4n) is 2.67. The molecule has 0 saturated heterocycles. The van der Waals surface area contributed by atoms with Gasteiger partial charge in [-0.3, -0.25) is 0 Å². The average molecular weight is 471 g/mol. The zero-order chi connectivity index (χ0) is 22.6. The van der Waals surface area contributed by atoms with Gasteiger partial charge in [0, 0.05) is 33.4 Å². The number of hydrogen-bond acceptors (Lipinski definition) is 5. The monoisotopic (exact) mass is 470 g/mol. The molecule has 0 aliphatic heterocycles. The fraction of sp³-hybridized carbons (Fsp3) is 0.238. The summed E-state index contributed by atoms with van der Waals surface area (Å²) in [6, 6.07) is 12.2. The van der Waals surface area contributed by atoms with E-state index in [0.717, 1.165) is 6.42 Å². The number of nitrogens with one attached hydrogen (secondary N) is 2. The van der Waals surface area contributed by atoms with Gasteiger partial charge in [0.15, 0.2) is 0 Å². The van der Waals surface area contributed by atoms with Crippen molar-refractivity contribution in [2.24, 2.45) is 0 Å². The molecule has 31 heavy (non-hydrogen) atoms. The number of halogens is 5. The van der Waals surface area contributed by atoms with Gasteiger partial charge in [0.1, 0.15) is 11.6 Å². The van der Waals surface area contributed by atoms with Crippen molar-refractivity contribution in [1.29, 1.82) is 0 Å². The lowest BCUT2D eigenvalue weighted by atomic mass is 10.1. The lowest BCUT2D eigenvalue weighted by molar-refractivity contribution is -0.274. The third kappa shape index (κ3) is 6.90. The first kappa shape index (κ1) is 23.0. The van der Waals surface area contributed by atoms with Crippen LogP contribution in [0.15, 0.2) is 48.5 Å². The van der Waals surface area contributed by atoms with E-state index in [1.54, 1.807) is 30.3 Å². The number of alkyl halides is 3. The van der Waals surface area contributed by atoms with Crippen molar-refractivity contribution < 1.29 is 17.9 Å². The number of aromatic nitrogens is 2. The summed E-state index contributed by atoms with van der Waals surface area (Å²) in [6.07, 6.45) is -3.96. The Bertz CT molecular complexity index is 1040. The largest absolute Gasteiger partial charge is 0.573 e. The normalized spacial score (nSPS) is 12.4. The maximum atomic E-state index is 12.6. The highest BCUT2D eigenvalue weighted by Gasteiger charge is 2.31. The Morgan fingerprint density at radius 1 is 1.03 bits per heavy atom. The second-order valence-electron chi connectivity index (χ2n) is 6.77. The van der Waals surface area contributed by atoms with Gasteiger partial charge in [-0.15, -0.1) is 13.2 Å². The predicted octanol–water partition coefficient (Wildman–Crippen LogP) is 7.30. The van der Waals surface area contributed by atoms with E-state index in [2.05, 4.69) is 25.3 Å². The summed E-state index contributed by atoms with van der Waals surface area (Å²) in [5, 5.41) is 7.17. The molecule has 0 radical (unpaired) electrons. The van der Waals surface area contributed by atoms with Crippen molar-refractivity contribution in [1.82, 2.24) is 9.97 Å². The summed E-state index contributed by atoms with van der Waals surface area (Å²) in [5.74, 6) is 0.400. The van der Waals surface area contributed by atoms with E-state index in [9.17, 15) is 13.2 Å². The molecule has 2 N–H and O–H groups in total. The van der Waals surface area contributed by atoms with E-state index in [1.165, 1.54) is 18.2 Å². The number of rotatable bonds is 7. The molecule has 0 amide bonds. The lowest BCUT2D eigenvalue weighted by Crippen LogP contribution is -2.17. The first-order chi connectivity index (χ1) is 14.6. The van der Waals surface area contributed by atoms with Gasteiger partial charge < -0.3 is 15.4 Å². The number of benzene rings is 2. The third-order valence-electron chi connectivity index (χ3n) is 4.21. The standard InChI is InChI=1S/C21H19Cl2F3N4O/c1-3-12(2)27-20-29-18(13-5-4-6-17(7-13)31-21(24,25)26)11-19(30-20)28-16-9-14(22)8-15(23)10-16/h4-12H,3H2,1-2H3,(H2,27,28,29,30)/t12-/m1/s1. The number of hydrogen-bond donors (Lipinski definition) is 2. The third-order valence-corrected chi connectivity index (χ3v) is 4.65. The first-order valence-corrected chi connectivity index (χ1v) is 10.1. The molecule has 3 rings (SSSR count). The van der Waals surface area contributed by atoms with Gasteiger partial charge in [0.2, 0.25) is 5.95 Å². The Morgan fingerprint density at radius 2 is 1.74 bits per heavy atom. The molecule has 0 bridgehead atoms. The molecule has 0 unspecified atom stereocenters. The second-order valence-corrected chi connectivity index (χ2v) is 7.65. The summed E-state index contributed by atoms with van der Waals surface area (Å²) in [5.41, 5.74) is 1.44. The SMILES string of the molecule is CC[C@@H](C)Nc1nc(Nc2cc(Cl)cc(Cl)c2)cc(-c2cccc(OC(F)(F)F)c2)n1. The molecule has 2 aromatic carbocycles. The molecule has 0 aliphatic rings. The molecule has 0 fully saturated rings. The van der Waals surface area contributed by atoms with E-state index >= 15 is 0 Å². The molecule has 1 atom stereocenters. The van der Waals surface area contributed by atoms with Gasteiger partial charge >= 0.3 is 6.36 Å². The minimum atomic E-state index is -4.79. The Morgan fingerprint density at radius 3 is 2.39 bits per heavy atom. The summed E-state index contributed by atoms with van der Waals surface area (Å²) >= 11 is 12.1. The molecule has 10 heteroatoms. The van der Waals surface area contributed by atoms with Gasteiger partial charge in [-0.2, -0.15) is 4.98 Å². The van der Waals surface area contributed by atoms with Crippen molar-refractivity contribution in [2.75, 3.05) is 10.6 Å². The molecule has 164 valence electrons. The summed E-state index contributed by atoms with van der Waals surface area (Å²) in [4.78, 5) is 8.91. The predicted molar refractivity (Wildman–Crippen MR) is 117 cm³/mol. The average Bonchev–Trinajstić information content (AvgIpc) is 2.65. The molecule has 5 nitrogen and oxygen atoms in total. The van der Waals surface area contributed by atoms with Crippen LogP contribution in [-0.2, 0) is 0 Å². The Labute approximate surface area is 187 Å². The number of ether oxygens (including phenoxy) is 1. The van der Waals surface area contributed by atoms with Crippen LogP contribution in [0.25, 0.3) is 11.3 Å². The van der Waals surface area contributed by atoms with E-state index in [0.29, 0.717) is 38.8 Å². The second kappa shape index (κ2) is 9.62. The minimum Gasteiger partial charge on any atom is -0.406 e. The summed E-state index contributed by atoms with van der Waals surface area (Å²) < 4.78 is 41.8. The van der Waals surface area contributed by atoms with Crippen LogP contribution in [0.1, 0.15) is 20.3 Å². The Hall–Kier alpha value is -2.71. The van der Waals surface area contributed by atoms with Gasteiger partial charge in [-0.25, -0.2) is 4.98 Å². The van der Waals surface area contributed by atoms with Crippen molar-refractivity contribution in [3.05, 3.63) is 58.6 Å². The van der Waals surface area contributed by atoms with Crippen molar-refractivity contribution in [3.63, 3.8) is 0 Å². The van der Waals surface area contributed by atoms with Crippen molar-refractivity contribution in [3.8, 4) is 17.0 Å². The van der Waals surface area contributed by atoms with Crippen molar-refractivity contribution >= 4 is 40.7 Å². The smallest absolute Gasteiger partial charge is 0.406 e. The van der Waals surface area contributed by atoms with E-state index < -0.39 is 6.36 Å². The quantitative estimate of drug-likeness (QED) is 0.379. The van der Waals surface area contributed by atoms with Gasteiger partial charge in [0.05, 0.1) is 5.69 Å². The molecule has 0 aliphatic carbocycles. The lowest BCUT2D eigenvalue weighted by Gasteiger charge is -2.15. The fourth-order valence-corrected chi connectivity index (χ4v) is 3.20.